The topological polar surface area (TPSA) is 44.3 Å². The van der Waals surface area contributed by atoms with E-state index < -0.39 is 0 Å². The molecule has 0 spiro atoms. The van der Waals surface area contributed by atoms with Gasteiger partial charge in [0.2, 0.25) is 0 Å². The van der Waals surface area contributed by atoms with Crippen LogP contribution >= 0.6 is 11.8 Å². The number of aromatic nitrogens is 2. The van der Waals surface area contributed by atoms with Crippen LogP contribution in [0.4, 0.5) is 5.82 Å². The number of hydrogen-bond acceptors (Lipinski definition) is 6. The summed E-state index contributed by atoms with van der Waals surface area (Å²) < 4.78 is 0. The Kier molecular flexibility index (Phi) is 3.32. The van der Waals surface area contributed by atoms with Crippen molar-refractivity contribution in [2.24, 2.45) is 0 Å². The fourth-order valence-electron chi connectivity index (χ4n) is 3.40. The molecular formula is C14H21N5S. The van der Waals surface area contributed by atoms with Crippen molar-refractivity contribution >= 4 is 17.6 Å². The van der Waals surface area contributed by atoms with Gasteiger partial charge < -0.3 is 5.32 Å². The van der Waals surface area contributed by atoms with E-state index in [-0.39, 0.29) is 0 Å². The number of anilines is 1. The van der Waals surface area contributed by atoms with E-state index in [0.717, 1.165) is 49.3 Å². The first-order valence-electron chi connectivity index (χ1n) is 7.53. The van der Waals surface area contributed by atoms with Crippen LogP contribution in [-0.4, -0.2) is 59.0 Å². The minimum Gasteiger partial charge on any atom is -0.370 e. The second kappa shape index (κ2) is 5.16. The van der Waals surface area contributed by atoms with Crippen molar-refractivity contribution in [1.29, 1.82) is 0 Å². The highest BCUT2D eigenvalue weighted by molar-refractivity contribution is 7.98. The number of rotatable bonds is 3. The van der Waals surface area contributed by atoms with Crippen LogP contribution in [0.25, 0.3) is 0 Å². The van der Waals surface area contributed by atoms with Gasteiger partial charge in [-0.2, -0.15) is 11.8 Å². The molecule has 0 radical (unpaired) electrons. The quantitative estimate of drug-likeness (QED) is 0.906. The molecule has 1 unspecified atom stereocenters. The summed E-state index contributed by atoms with van der Waals surface area (Å²) in [6, 6.07) is 0.394. The molecule has 1 N–H and O–H groups in total. The average molecular weight is 291 g/mol. The highest BCUT2D eigenvalue weighted by atomic mass is 32.2. The van der Waals surface area contributed by atoms with Crippen LogP contribution in [0.5, 0.6) is 0 Å². The van der Waals surface area contributed by atoms with Crippen LogP contribution < -0.4 is 5.32 Å². The number of fused-ring (bicyclic) bond motifs is 4. The molecule has 5 rings (SSSR count). The molecule has 0 aliphatic carbocycles. The van der Waals surface area contributed by atoms with E-state index in [1.165, 1.54) is 24.3 Å². The summed E-state index contributed by atoms with van der Waals surface area (Å²) in [7, 11) is 0. The Morgan fingerprint density at radius 1 is 1.20 bits per heavy atom. The molecule has 6 heteroatoms. The fourth-order valence-corrected chi connectivity index (χ4v) is 4.44. The predicted molar refractivity (Wildman–Crippen MR) is 81.9 cm³/mol. The summed E-state index contributed by atoms with van der Waals surface area (Å²) in [6.07, 6.45) is 0. The first-order chi connectivity index (χ1) is 9.85. The molecule has 3 fully saturated rings. The Morgan fingerprint density at radius 3 is 2.75 bits per heavy atom. The van der Waals surface area contributed by atoms with Gasteiger partial charge in [0.1, 0.15) is 11.6 Å². The minimum atomic E-state index is 0.394. The van der Waals surface area contributed by atoms with Crippen molar-refractivity contribution in [3.05, 3.63) is 17.1 Å². The third-order valence-electron chi connectivity index (χ3n) is 4.52. The van der Waals surface area contributed by atoms with Crippen LogP contribution in [-0.2, 0) is 11.5 Å². The molecule has 1 aromatic heterocycles. The lowest BCUT2D eigenvalue weighted by atomic mass is 10.1. The lowest BCUT2D eigenvalue weighted by Gasteiger charge is -2.46. The predicted octanol–water partition coefficient (Wildman–Crippen LogP) is 1.33. The number of piperazine rings is 3. The second-order valence-corrected chi connectivity index (χ2v) is 6.72. The highest BCUT2D eigenvalue weighted by Crippen LogP contribution is 2.35. The first-order valence-corrected chi connectivity index (χ1v) is 8.68. The molecule has 4 aliphatic heterocycles. The van der Waals surface area contributed by atoms with Gasteiger partial charge in [-0.05, 0) is 6.92 Å². The largest absolute Gasteiger partial charge is 0.370 e. The van der Waals surface area contributed by atoms with Gasteiger partial charge in [0.05, 0.1) is 11.7 Å². The van der Waals surface area contributed by atoms with Crippen molar-refractivity contribution in [3.63, 3.8) is 0 Å². The molecule has 1 atom stereocenters. The molecule has 1 aromatic rings. The van der Waals surface area contributed by atoms with Crippen LogP contribution in [0.1, 0.15) is 30.0 Å². The first kappa shape index (κ1) is 12.9. The van der Waals surface area contributed by atoms with E-state index >= 15 is 0 Å². The second-order valence-electron chi connectivity index (χ2n) is 5.73. The van der Waals surface area contributed by atoms with Crippen LogP contribution in [0.15, 0.2) is 0 Å². The van der Waals surface area contributed by atoms with Crippen LogP contribution in [0.3, 0.4) is 0 Å². The third-order valence-corrected chi connectivity index (χ3v) is 5.49. The van der Waals surface area contributed by atoms with Gasteiger partial charge in [0, 0.05) is 56.3 Å². The molecule has 0 aromatic carbocycles. The molecule has 2 bridgehead atoms. The lowest BCUT2D eigenvalue weighted by Crippen LogP contribution is -2.57. The zero-order valence-corrected chi connectivity index (χ0v) is 12.7. The smallest absolute Gasteiger partial charge is 0.149 e. The van der Waals surface area contributed by atoms with Crippen LogP contribution in [0, 0.1) is 0 Å². The number of nitrogens with one attached hydrogen (secondary N) is 1. The molecule has 3 saturated heterocycles. The van der Waals surface area contributed by atoms with Crippen molar-refractivity contribution in [2.45, 2.75) is 24.5 Å². The molecule has 0 amide bonds. The number of hydrogen-bond donors (Lipinski definition) is 1. The molecular weight excluding hydrogens is 270 g/mol. The standard InChI is InChI=1S/C14H21N5S/c1-2-15-13-10-8-20-9-11(10)16-14(17-13)12-7-18-3-5-19(12)6-4-18/h12H,2-9H2,1H3,(H,15,16,17). The van der Waals surface area contributed by atoms with Gasteiger partial charge in [0.25, 0.3) is 0 Å². The van der Waals surface area contributed by atoms with E-state index in [0.29, 0.717) is 6.04 Å². The lowest BCUT2D eigenvalue weighted by molar-refractivity contribution is 0.00863. The maximum absolute atomic E-state index is 4.90. The molecule has 20 heavy (non-hydrogen) atoms. The minimum absolute atomic E-state index is 0.394. The van der Waals surface area contributed by atoms with Crippen molar-refractivity contribution in [2.75, 3.05) is 44.6 Å². The van der Waals surface area contributed by atoms with E-state index in [1.54, 1.807) is 0 Å². The molecule has 108 valence electrons. The van der Waals surface area contributed by atoms with Crippen molar-refractivity contribution < 1.29 is 0 Å². The number of thioether (sulfide) groups is 1. The summed E-state index contributed by atoms with van der Waals surface area (Å²) in [6.45, 7) is 8.89. The van der Waals surface area contributed by atoms with Gasteiger partial charge in [-0.15, -0.1) is 0 Å². The molecule has 5 heterocycles. The van der Waals surface area contributed by atoms with E-state index in [9.17, 15) is 0 Å². The summed E-state index contributed by atoms with van der Waals surface area (Å²) in [4.78, 5) is 14.9. The van der Waals surface area contributed by atoms with Gasteiger partial charge in [-0.25, -0.2) is 9.97 Å². The van der Waals surface area contributed by atoms with Crippen LogP contribution in [0.2, 0.25) is 0 Å². The SMILES string of the molecule is CCNc1nc(C2CN3CCN2CC3)nc2c1CSC2. The molecule has 4 aliphatic rings. The van der Waals surface area contributed by atoms with E-state index in [4.69, 9.17) is 9.97 Å². The Labute approximate surface area is 124 Å². The maximum Gasteiger partial charge on any atom is 0.149 e. The highest BCUT2D eigenvalue weighted by Gasteiger charge is 2.35. The Hall–Kier alpha value is -0.850. The van der Waals surface area contributed by atoms with Crippen molar-refractivity contribution in [3.8, 4) is 0 Å². The average Bonchev–Trinajstić information content (AvgIpc) is 2.97. The van der Waals surface area contributed by atoms with Gasteiger partial charge >= 0.3 is 0 Å². The molecule has 5 nitrogen and oxygen atoms in total. The number of nitrogens with zero attached hydrogens (tertiary/aromatic N) is 4. The fraction of sp³-hybridized carbons (Fsp3) is 0.714. The molecule has 0 saturated carbocycles. The van der Waals surface area contributed by atoms with Gasteiger partial charge in [-0.1, -0.05) is 0 Å². The van der Waals surface area contributed by atoms with E-state index in [2.05, 4.69) is 22.0 Å². The summed E-state index contributed by atoms with van der Waals surface area (Å²) in [5, 5.41) is 3.43. The monoisotopic (exact) mass is 291 g/mol. The summed E-state index contributed by atoms with van der Waals surface area (Å²) >= 11 is 1.95. The third kappa shape index (κ3) is 2.10. The summed E-state index contributed by atoms with van der Waals surface area (Å²) in [5.41, 5.74) is 2.59. The van der Waals surface area contributed by atoms with Gasteiger partial charge in [0.15, 0.2) is 0 Å². The normalized spacial score (nSPS) is 31.4. The Balaban J connectivity index is 1.69. The Morgan fingerprint density at radius 2 is 2.05 bits per heavy atom. The zero-order chi connectivity index (χ0) is 13.5. The van der Waals surface area contributed by atoms with Gasteiger partial charge in [-0.3, -0.25) is 9.80 Å². The summed E-state index contributed by atoms with van der Waals surface area (Å²) in [5.74, 6) is 4.21. The Bertz CT molecular complexity index is 513. The van der Waals surface area contributed by atoms with E-state index in [1.807, 2.05) is 11.8 Å². The zero-order valence-electron chi connectivity index (χ0n) is 11.9. The van der Waals surface area contributed by atoms with Crippen molar-refractivity contribution in [1.82, 2.24) is 19.8 Å². The maximum atomic E-state index is 4.90.